The lowest BCUT2D eigenvalue weighted by Gasteiger charge is -2.08. The van der Waals surface area contributed by atoms with Gasteiger partial charge in [0.2, 0.25) is 10.0 Å². The van der Waals surface area contributed by atoms with Gasteiger partial charge in [0.25, 0.3) is 5.91 Å². The van der Waals surface area contributed by atoms with Gasteiger partial charge in [0.05, 0.1) is 9.92 Å². The molecular weight excluding hydrogens is 332 g/mol. The van der Waals surface area contributed by atoms with Crippen molar-refractivity contribution in [1.29, 1.82) is 0 Å². The van der Waals surface area contributed by atoms with Crippen LogP contribution in [0, 0.1) is 13.8 Å². The molecule has 1 aromatic heterocycles. The van der Waals surface area contributed by atoms with Gasteiger partial charge >= 0.3 is 0 Å². The first-order valence-corrected chi connectivity index (χ1v) is 8.69. The first-order chi connectivity index (χ1) is 9.70. The summed E-state index contributed by atoms with van der Waals surface area (Å²) in [6.07, 6.45) is 0. The van der Waals surface area contributed by atoms with Crippen LogP contribution in [0.3, 0.4) is 0 Å². The molecule has 21 heavy (non-hydrogen) atoms. The van der Waals surface area contributed by atoms with Crippen LogP contribution in [0.15, 0.2) is 28.5 Å². The van der Waals surface area contributed by atoms with Crippen LogP contribution in [-0.2, 0) is 10.0 Å². The second kappa shape index (κ2) is 5.76. The Morgan fingerprint density at radius 1 is 1.29 bits per heavy atom. The van der Waals surface area contributed by atoms with E-state index in [1.807, 2.05) is 0 Å². The van der Waals surface area contributed by atoms with Gasteiger partial charge in [-0.3, -0.25) is 4.79 Å². The second-order valence-corrected chi connectivity index (χ2v) is 7.33. The molecule has 0 saturated carbocycles. The molecule has 5 nitrogen and oxygen atoms in total. The Balaban J connectivity index is 2.33. The van der Waals surface area contributed by atoms with Crippen LogP contribution in [0.2, 0.25) is 5.02 Å². The quantitative estimate of drug-likeness (QED) is 0.897. The molecule has 0 fully saturated rings. The Morgan fingerprint density at radius 3 is 2.48 bits per heavy atom. The Bertz CT molecular complexity index is 813. The number of rotatable bonds is 3. The van der Waals surface area contributed by atoms with E-state index in [-0.39, 0.29) is 10.8 Å². The fourth-order valence-corrected chi connectivity index (χ4v) is 3.74. The molecule has 0 saturated heterocycles. The van der Waals surface area contributed by atoms with Crippen molar-refractivity contribution in [2.24, 2.45) is 5.14 Å². The summed E-state index contributed by atoms with van der Waals surface area (Å²) in [5.74, 6) is -0.387. The molecular formula is C13H13ClN2O3S2. The van der Waals surface area contributed by atoms with E-state index in [0.717, 1.165) is 5.56 Å². The summed E-state index contributed by atoms with van der Waals surface area (Å²) in [4.78, 5) is 12.5. The first-order valence-electron chi connectivity index (χ1n) is 5.88. The number of benzene rings is 1. The number of thiophene rings is 1. The van der Waals surface area contributed by atoms with Gasteiger partial charge in [-0.25, -0.2) is 13.6 Å². The Labute approximate surface area is 131 Å². The van der Waals surface area contributed by atoms with Crippen LogP contribution in [0.5, 0.6) is 0 Å². The number of nitrogens with two attached hydrogens (primary N) is 1. The minimum absolute atomic E-state index is 0.0197. The number of nitrogens with one attached hydrogen (secondary N) is 1. The number of aryl methyl sites for hydroxylation is 2. The van der Waals surface area contributed by atoms with Crippen LogP contribution in [0.4, 0.5) is 5.69 Å². The van der Waals surface area contributed by atoms with E-state index < -0.39 is 10.0 Å². The number of hydrogen-bond acceptors (Lipinski definition) is 4. The summed E-state index contributed by atoms with van der Waals surface area (Å²) >= 11 is 7.26. The number of sulfonamides is 1. The summed E-state index contributed by atoms with van der Waals surface area (Å²) in [6.45, 7) is 3.44. The normalized spacial score (nSPS) is 11.4. The molecule has 1 aromatic carbocycles. The maximum absolute atomic E-state index is 12.1. The number of primary sulfonamides is 1. The number of amides is 1. The molecule has 0 atom stereocenters. The van der Waals surface area contributed by atoms with E-state index in [2.05, 4.69) is 5.32 Å². The molecule has 0 spiro atoms. The SMILES string of the molecule is Cc1ccc(NC(=O)c2scc(C)c2Cl)cc1S(N)(=O)=O. The molecule has 8 heteroatoms. The van der Waals surface area contributed by atoms with Crippen molar-refractivity contribution in [2.75, 3.05) is 5.32 Å². The predicted octanol–water partition coefficient (Wildman–Crippen LogP) is 2.92. The van der Waals surface area contributed by atoms with E-state index in [1.165, 1.54) is 17.4 Å². The molecule has 0 unspecified atom stereocenters. The van der Waals surface area contributed by atoms with Crippen LogP contribution in [0.25, 0.3) is 0 Å². The number of hydrogen-bond donors (Lipinski definition) is 2. The van der Waals surface area contributed by atoms with Crippen molar-refractivity contribution in [2.45, 2.75) is 18.7 Å². The van der Waals surface area contributed by atoms with Gasteiger partial charge in [0.1, 0.15) is 4.88 Å². The van der Waals surface area contributed by atoms with Gasteiger partial charge in [-0.05, 0) is 42.5 Å². The lowest BCUT2D eigenvalue weighted by Crippen LogP contribution is -2.15. The highest BCUT2D eigenvalue weighted by atomic mass is 35.5. The van der Waals surface area contributed by atoms with Crippen LogP contribution in [0.1, 0.15) is 20.8 Å². The van der Waals surface area contributed by atoms with Crippen LogP contribution in [-0.4, -0.2) is 14.3 Å². The molecule has 0 aliphatic heterocycles. The third kappa shape index (κ3) is 3.44. The third-order valence-electron chi connectivity index (χ3n) is 2.86. The Morgan fingerprint density at radius 2 is 1.95 bits per heavy atom. The van der Waals surface area contributed by atoms with E-state index in [9.17, 15) is 13.2 Å². The molecule has 0 bridgehead atoms. The Hall–Kier alpha value is -1.41. The number of anilines is 1. The summed E-state index contributed by atoms with van der Waals surface area (Å²) < 4.78 is 22.9. The zero-order valence-corrected chi connectivity index (χ0v) is 13.7. The third-order valence-corrected chi connectivity index (χ3v) is 5.61. The zero-order valence-electron chi connectivity index (χ0n) is 11.3. The van der Waals surface area contributed by atoms with Crippen molar-refractivity contribution < 1.29 is 13.2 Å². The average molecular weight is 345 g/mol. The zero-order chi connectivity index (χ0) is 15.8. The van der Waals surface area contributed by atoms with Gasteiger partial charge in [0, 0.05) is 5.69 Å². The fraction of sp³-hybridized carbons (Fsp3) is 0.154. The molecule has 2 rings (SSSR count). The minimum atomic E-state index is -3.84. The summed E-state index contributed by atoms with van der Waals surface area (Å²) in [6, 6.07) is 4.52. The van der Waals surface area contributed by atoms with E-state index in [1.54, 1.807) is 31.4 Å². The molecule has 0 aliphatic carbocycles. The van der Waals surface area contributed by atoms with Gasteiger partial charge in [-0.2, -0.15) is 0 Å². The molecule has 0 radical (unpaired) electrons. The molecule has 1 heterocycles. The number of carbonyl (C=O) groups is 1. The Kier molecular flexibility index (Phi) is 4.38. The minimum Gasteiger partial charge on any atom is -0.321 e. The number of halogens is 1. The lowest BCUT2D eigenvalue weighted by molar-refractivity contribution is 0.103. The van der Waals surface area contributed by atoms with E-state index >= 15 is 0 Å². The molecule has 0 aliphatic rings. The molecule has 112 valence electrons. The maximum Gasteiger partial charge on any atom is 0.267 e. The van der Waals surface area contributed by atoms with Crippen molar-refractivity contribution in [3.63, 3.8) is 0 Å². The van der Waals surface area contributed by atoms with Gasteiger partial charge < -0.3 is 5.32 Å². The topological polar surface area (TPSA) is 89.3 Å². The van der Waals surface area contributed by atoms with Crippen LogP contribution >= 0.6 is 22.9 Å². The first kappa shape index (κ1) is 16.0. The van der Waals surface area contributed by atoms with Gasteiger partial charge in [0.15, 0.2) is 0 Å². The largest absolute Gasteiger partial charge is 0.321 e. The lowest BCUT2D eigenvalue weighted by atomic mass is 10.2. The van der Waals surface area contributed by atoms with Crippen molar-refractivity contribution in [1.82, 2.24) is 0 Å². The molecule has 3 N–H and O–H groups in total. The highest BCUT2D eigenvalue weighted by Gasteiger charge is 2.17. The smallest absolute Gasteiger partial charge is 0.267 e. The highest BCUT2D eigenvalue weighted by Crippen LogP contribution is 2.28. The monoisotopic (exact) mass is 344 g/mol. The van der Waals surface area contributed by atoms with Crippen molar-refractivity contribution >= 4 is 44.6 Å². The number of carbonyl (C=O) groups excluding carboxylic acids is 1. The van der Waals surface area contributed by atoms with Crippen molar-refractivity contribution in [3.8, 4) is 0 Å². The predicted molar refractivity (Wildman–Crippen MR) is 84.6 cm³/mol. The maximum atomic E-state index is 12.1. The summed E-state index contributed by atoms with van der Waals surface area (Å²) in [7, 11) is -3.84. The average Bonchev–Trinajstić information content (AvgIpc) is 2.71. The fourth-order valence-electron chi connectivity index (χ4n) is 1.76. The van der Waals surface area contributed by atoms with Gasteiger partial charge in [-0.15, -0.1) is 11.3 Å². The summed E-state index contributed by atoms with van der Waals surface area (Å²) in [5, 5.41) is 9.93. The van der Waals surface area contributed by atoms with Gasteiger partial charge in [-0.1, -0.05) is 17.7 Å². The van der Waals surface area contributed by atoms with E-state index in [4.69, 9.17) is 16.7 Å². The van der Waals surface area contributed by atoms with Crippen molar-refractivity contribution in [3.05, 3.63) is 44.6 Å². The summed E-state index contributed by atoms with van der Waals surface area (Å²) in [5.41, 5.74) is 1.68. The molecule has 1 amide bonds. The van der Waals surface area contributed by atoms with E-state index in [0.29, 0.717) is 21.2 Å². The highest BCUT2D eigenvalue weighted by molar-refractivity contribution is 7.89. The molecule has 2 aromatic rings. The van der Waals surface area contributed by atoms with Crippen LogP contribution < -0.4 is 10.5 Å². The standard InChI is InChI=1S/C13H13ClN2O3S2/c1-7-3-4-9(5-10(7)21(15,18)19)16-13(17)12-11(14)8(2)6-20-12/h3-6H,1-2H3,(H,16,17)(H2,15,18,19). The second-order valence-electron chi connectivity index (χ2n) is 4.54.